The summed E-state index contributed by atoms with van der Waals surface area (Å²) < 4.78 is 58.1. The van der Waals surface area contributed by atoms with Crippen molar-refractivity contribution in [2.45, 2.75) is 15.0 Å². The number of benzene rings is 2. The number of methoxy groups -OCH3 is 1. The minimum atomic E-state index is -4.75. The quantitative estimate of drug-likeness (QED) is 0.106. The number of ether oxygens (including phenoxy) is 1. The molecule has 0 radical (unpaired) electrons. The predicted molar refractivity (Wildman–Crippen MR) is 128 cm³/mol. The van der Waals surface area contributed by atoms with Crippen LogP contribution >= 0.6 is 58.2 Å². The van der Waals surface area contributed by atoms with Crippen molar-refractivity contribution in [3.8, 4) is 23.3 Å². The second kappa shape index (κ2) is 9.95. The zero-order chi connectivity index (χ0) is 26.3. The molecule has 0 unspecified atom stereocenters. The fourth-order valence-electron chi connectivity index (χ4n) is 2.96. The number of nitriles is 1. The van der Waals surface area contributed by atoms with Crippen LogP contribution < -0.4 is 9.31 Å². The number of nitrogens with zero attached hydrogens (tertiary/aromatic N) is 4. The van der Waals surface area contributed by atoms with E-state index >= 15 is 0 Å². The monoisotopic (exact) mass is 587 g/mol. The van der Waals surface area contributed by atoms with Crippen molar-refractivity contribution in [2.24, 2.45) is 0 Å². The van der Waals surface area contributed by atoms with Gasteiger partial charge >= 0.3 is 15.9 Å². The molecule has 15 heteroatoms. The molecule has 0 amide bonds. The lowest BCUT2D eigenvalue weighted by Crippen LogP contribution is -2.11. The highest BCUT2D eigenvalue weighted by molar-refractivity contribution is 8.03. The molecule has 0 aliphatic heterocycles. The van der Waals surface area contributed by atoms with E-state index in [-0.39, 0.29) is 45.3 Å². The Morgan fingerprint density at radius 2 is 1.77 bits per heavy atom. The number of phenols is 1. The highest BCUT2D eigenvalue weighted by atomic mass is 35.5. The highest BCUT2D eigenvalue weighted by Gasteiger charge is 2.39. The van der Waals surface area contributed by atoms with Crippen molar-refractivity contribution >= 4 is 76.4 Å². The van der Waals surface area contributed by atoms with E-state index in [1.54, 1.807) is 6.07 Å². The zero-order valence-corrected chi connectivity index (χ0v) is 21.0. The van der Waals surface area contributed by atoms with Crippen LogP contribution in [0.3, 0.4) is 0 Å². The third kappa shape index (κ3) is 5.73. The van der Waals surface area contributed by atoms with Gasteiger partial charge in [-0.05, 0) is 36.0 Å². The van der Waals surface area contributed by atoms with E-state index < -0.39 is 31.4 Å². The normalized spacial score (nSPS) is 11.9. The van der Waals surface area contributed by atoms with Crippen LogP contribution in [0.25, 0.3) is 5.69 Å². The molecule has 1 N–H and O–H groups in total. The van der Waals surface area contributed by atoms with Crippen LogP contribution in [-0.2, 0) is 6.18 Å². The van der Waals surface area contributed by atoms with Gasteiger partial charge in [0.1, 0.15) is 16.7 Å². The van der Waals surface area contributed by atoms with Crippen molar-refractivity contribution in [3.05, 3.63) is 51.6 Å². The van der Waals surface area contributed by atoms with E-state index in [2.05, 4.69) is 11.8 Å². The van der Waals surface area contributed by atoms with E-state index in [1.165, 1.54) is 25.3 Å². The van der Waals surface area contributed by atoms with E-state index in [0.29, 0.717) is 12.1 Å². The maximum Gasteiger partial charge on any atom is 0.416 e. The SMILES string of the molecule is C=[N+](c1ccc(O)c(OC)c1)c1c(SC(F)(Cl)Cl)c(C#N)nn1-c1c(Cl)cc(C(F)(F)F)cc1Cl. The molecule has 2 aromatic carbocycles. The summed E-state index contributed by atoms with van der Waals surface area (Å²) in [6, 6.07) is 6.98. The third-order valence-electron chi connectivity index (χ3n) is 4.43. The number of halogens is 8. The highest BCUT2D eigenvalue weighted by Crippen LogP contribution is 2.49. The van der Waals surface area contributed by atoms with Gasteiger partial charge in [0, 0.05) is 6.07 Å². The van der Waals surface area contributed by atoms with Crippen LogP contribution in [0.2, 0.25) is 10.0 Å². The molecular weight excluding hydrogens is 578 g/mol. The average Bonchev–Trinajstić information content (AvgIpc) is 3.08. The maximum absolute atomic E-state index is 14.2. The summed E-state index contributed by atoms with van der Waals surface area (Å²) >= 11 is 23.5. The van der Waals surface area contributed by atoms with Gasteiger partial charge in [-0.2, -0.15) is 22.8 Å². The zero-order valence-electron chi connectivity index (χ0n) is 17.2. The summed E-state index contributed by atoms with van der Waals surface area (Å²) in [6.45, 7) is 3.86. The van der Waals surface area contributed by atoms with E-state index in [1.807, 2.05) is 0 Å². The molecule has 0 spiro atoms. The summed E-state index contributed by atoms with van der Waals surface area (Å²) in [6.07, 6.45) is -4.75. The molecule has 0 fully saturated rings. The molecule has 0 saturated carbocycles. The number of hydrogen-bond donors (Lipinski definition) is 1. The smallest absolute Gasteiger partial charge is 0.416 e. The van der Waals surface area contributed by atoms with Gasteiger partial charge in [0.05, 0.1) is 29.4 Å². The molecule has 1 aromatic heterocycles. The molecule has 0 atom stereocenters. The standard InChI is InChI=1S/C20H10Cl4F4N4O2S/c1-31(10-3-4-14(33)15(7-10)34-2)18-17(35-20(23,24)28)13(8-29)30-32(18)16-11(21)5-9(6-12(16)22)19(25,26)27/h3-7H,1H2,2H3/p+1. The third-order valence-corrected chi connectivity index (χ3v) is 6.28. The predicted octanol–water partition coefficient (Wildman–Crippen LogP) is 7.47. The Balaban J connectivity index is 2.36. The topological polar surface area (TPSA) is 74.1 Å². The first-order valence-electron chi connectivity index (χ1n) is 9.01. The van der Waals surface area contributed by atoms with Gasteiger partial charge in [0.2, 0.25) is 5.69 Å². The van der Waals surface area contributed by atoms with Crippen LogP contribution in [-0.4, -0.2) is 32.6 Å². The lowest BCUT2D eigenvalue weighted by molar-refractivity contribution is -0.137. The Morgan fingerprint density at radius 1 is 1.17 bits per heavy atom. The van der Waals surface area contributed by atoms with Crippen molar-refractivity contribution in [2.75, 3.05) is 7.11 Å². The first-order valence-corrected chi connectivity index (χ1v) is 11.3. The summed E-state index contributed by atoms with van der Waals surface area (Å²) in [5, 5.41) is 22.6. The number of rotatable bonds is 6. The van der Waals surface area contributed by atoms with E-state index in [0.717, 1.165) is 9.26 Å². The van der Waals surface area contributed by atoms with Crippen LogP contribution in [0, 0.1) is 11.3 Å². The van der Waals surface area contributed by atoms with Gasteiger partial charge in [0.25, 0.3) is 0 Å². The number of hydrogen-bond acceptors (Lipinski definition) is 5. The van der Waals surface area contributed by atoms with Gasteiger partial charge in [-0.25, -0.2) is 4.58 Å². The minimum absolute atomic E-state index is 0.0389. The van der Waals surface area contributed by atoms with Crippen molar-refractivity contribution in [1.82, 2.24) is 14.4 Å². The van der Waals surface area contributed by atoms with Crippen LogP contribution in [0.15, 0.2) is 35.2 Å². The second-order valence-corrected chi connectivity index (χ2v) is 10.3. The molecule has 0 aliphatic rings. The van der Waals surface area contributed by atoms with Gasteiger partial charge in [-0.3, -0.25) is 0 Å². The molecule has 3 rings (SSSR count). The number of alkyl halides is 6. The van der Waals surface area contributed by atoms with Gasteiger partial charge in [-0.1, -0.05) is 56.2 Å². The summed E-state index contributed by atoms with van der Waals surface area (Å²) in [5.74, 6) is -0.341. The lowest BCUT2D eigenvalue weighted by Gasteiger charge is -2.13. The number of thioether (sulfide) groups is 1. The first-order chi connectivity index (χ1) is 16.2. The van der Waals surface area contributed by atoms with E-state index in [9.17, 15) is 27.9 Å². The fraction of sp³-hybridized carbons (Fsp3) is 0.150. The molecule has 1 heterocycles. The molecule has 6 nitrogen and oxygen atoms in total. The second-order valence-electron chi connectivity index (χ2n) is 6.64. The Bertz CT molecular complexity index is 1340. The van der Waals surface area contributed by atoms with Crippen molar-refractivity contribution in [3.63, 3.8) is 0 Å². The van der Waals surface area contributed by atoms with Crippen LogP contribution in [0.4, 0.5) is 29.1 Å². The van der Waals surface area contributed by atoms with Gasteiger partial charge in [-0.15, -0.1) is 0 Å². The Hall–Kier alpha value is -2.36. The summed E-state index contributed by atoms with van der Waals surface area (Å²) in [7, 11) is 1.30. The molecule has 3 aromatic rings. The molecule has 0 bridgehead atoms. The number of phenolic OH excluding ortho intramolecular Hbond substituents is 1. The Labute approximate surface area is 219 Å². The molecule has 0 saturated heterocycles. The molecule has 184 valence electrons. The number of aromatic hydroxyl groups is 1. The fourth-order valence-corrected chi connectivity index (χ4v) is 4.77. The minimum Gasteiger partial charge on any atom is -0.504 e. The maximum atomic E-state index is 14.2. The van der Waals surface area contributed by atoms with E-state index in [4.69, 9.17) is 51.1 Å². The van der Waals surface area contributed by atoms with Crippen LogP contribution in [0.1, 0.15) is 11.3 Å². The van der Waals surface area contributed by atoms with Gasteiger partial charge < -0.3 is 9.84 Å². The number of aromatic nitrogens is 2. The average molecular weight is 589 g/mol. The van der Waals surface area contributed by atoms with Crippen LogP contribution in [0.5, 0.6) is 11.5 Å². The summed E-state index contributed by atoms with van der Waals surface area (Å²) in [4.78, 5) is -0.228. The first kappa shape index (κ1) is 27.2. The molecular formula is C20H11Cl4F4N4O2S+. The van der Waals surface area contributed by atoms with Crippen molar-refractivity contribution < 1.29 is 27.4 Å². The Morgan fingerprint density at radius 3 is 2.26 bits per heavy atom. The van der Waals surface area contributed by atoms with Gasteiger partial charge in [0.15, 0.2) is 17.2 Å². The lowest BCUT2D eigenvalue weighted by atomic mass is 10.2. The summed E-state index contributed by atoms with van der Waals surface area (Å²) in [5.41, 5.74) is -1.56. The molecule has 0 aliphatic carbocycles. The Kier molecular flexibility index (Phi) is 7.74. The largest absolute Gasteiger partial charge is 0.504 e. The molecule has 35 heavy (non-hydrogen) atoms. The van der Waals surface area contributed by atoms with Crippen molar-refractivity contribution in [1.29, 1.82) is 5.26 Å².